The first-order valence-electron chi connectivity index (χ1n) is 8.98. The molecular formula is C19H21BrN4O4S. The van der Waals surface area contributed by atoms with Crippen LogP contribution in [0.3, 0.4) is 0 Å². The van der Waals surface area contributed by atoms with Crippen LogP contribution in [-0.4, -0.2) is 30.5 Å². The van der Waals surface area contributed by atoms with Crippen LogP contribution in [0.25, 0.3) is 11.0 Å². The minimum Gasteiger partial charge on any atom is -0.492 e. The zero-order valence-corrected chi connectivity index (χ0v) is 18.6. The van der Waals surface area contributed by atoms with Gasteiger partial charge in [-0.05, 0) is 57.2 Å². The molecule has 3 aromatic rings. The summed E-state index contributed by atoms with van der Waals surface area (Å²) in [6.07, 6.45) is 0. The van der Waals surface area contributed by atoms with E-state index in [1.807, 2.05) is 18.4 Å². The standard InChI is InChI=1S/C19H21BrN4O4S/c1-4-24-12(3)21-15-10-13(6-8-16(15)24)19(25)22-23-29(26,27)18-11-14(20)7-9-17(18)28-5-2/h6-11,23H,4-5H2,1-3H3,(H,22,25). The van der Waals surface area contributed by atoms with E-state index < -0.39 is 15.9 Å². The molecule has 0 aliphatic carbocycles. The number of nitrogens with zero attached hydrogens (tertiary/aromatic N) is 2. The van der Waals surface area contributed by atoms with E-state index >= 15 is 0 Å². The predicted octanol–water partition coefficient (Wildman–Crippen LogP) is 3.15. The van der Waals surface area contributed by atoms with Crippen LogP contribution >= 0.6 is 15.9 Å². The summed E-state index contributed by atoms with van der Waals surface area (Å²) in [4.78, 5) is 19.0. The monoisotopic (exact) mass is 480 g/mol. The molecule has 2 aromatic carbocycles. The summed E-state index contributed by atoms with van der Waals surface area (Å²) in [7, 11) is -4.04. The van der Waals surface area contributed by atoms with Gasteiger partial charge < -0.3 is 9.30 Å². The van der Waals surface area contributed by atoms with Crippen molar-refractivity contribution < 1.29 is 17.9 Å². The summed E-state index contributed by atoms with van der Waals surface area (Å²) >= 11 is 3.25. The summed E-state index contributed by atoms with van der Waals surface area (Å²) in [6, 6.07) is 9.68. The molecule has 1 aromatic heterocycles. The highest BCUT2D eigenvalue weighted by Crippen LogP contribution is 2.27. The number of fused-ring (bicyclic) bond motifs is 1. The number of carbonyl (C=O) groups is 1. The van der Waals surface area contributed by atoms with Crippen molar-refractivity contribution in [3.63, 3.8) is 0 Å². The predicted molar refractivity (Wildman–Crippen MR) is 113 cm³/mol. The van der Waals surface area contributed by atoms with Crippen molar-refractivity contribution in [1.29, 1.82) is 0 Å². The summed E-state index contributed by atoms with van der Waals surface area (Å²) in [6.45, 7) is 6.74. The van der Waals surface area contributed by atoms with Crippen molar-refractivity contribution in [2.24, 2.45) is 0 Å². The van der Waals surface area contributed by atoms with Crippen LogP contribution in [0.2, 0.25) is 0 Å². The topological polar surface area (TPSA) is 102 Å². The Morgan fingerprint density at radius 2 is 1.97 bits per heavy atom. The van der Waals surface area contributed by atoms with E-state index in [1.165, 1.54) is 6.07 Å². The molecule has 2 N–H and O–H groups in total. The second-order valence-electron chi connectivity index (χ2n) is 6.19. The number of benzene rings is 2. The lowest BCUT2D eigenvalue weighted by atomic mass is 10.2. The molecule has 3 rings (SSSR count). The highest BCUT2D eigenvalue weighted by Gasteiger charge is 2.21. The molecule has 10 heteroatoms. The number of amides is 1. The molecule has 0 unspecified atom stereocenters. The van der Waals surface area contributed by atoms with Crippen LogP contribution in [0.1, 0.15) is 30.0 Å². The van der Waals surface area contributed by atoms with Crippen molar-refractivity contribution in [2.45, 2.75) is 32.2 Å². The number of imidazole rings is 1. The fourth-order valence-electron chi connectivity index (χ4n) is 3.00. The quantitative estimate of drug-likeness (QED) is 0.505. The number of aryl methyl sites for hydroxylation is 2. The van der Waals surface area contributed by atoms with Crippen LogP contribution in [-0.2, 0) is 16.6 Å². The van der Waals surface area contributed by atoms with Crippen molar-refractivity contribution in [3.05, 3.63) is 52.3 Å². The van der Waals surface area contributed by atoms with E-state index in [-0.39, 0.29) is 10.6 Å². The van der Waals surface area contributed by atoms with Gasteiger partial charge in [0.1, 0.15) is 16.5 Å². The molecule has 1 heterocycles. The summed E-state index contributed by atoms with van der Waals surface area (Å²) in [5.41, 5.74) is 4.12. The molecule has 0 atom stereocenters. The number of sulfonamides is 1. The van der Waals surface area contributed by atoms with Gasteiger partial charge in [-0.15, -0.1) is 4.83 Å². The van der Waals surface area contributed by atoms with Gasteiger partial charge in [-0.1, -0.05) is 15.9 Å². The zero-order chi connectivity index (χ0) is 21.2. The first-order valence-corrected chi connectivity index (χ1v) is 11.3. The van der Waals surface area contributed by atoms with Gasteiger partial charge in [0, 0.05) is 16.6 Å². The third kappa shape index (κ3) is 4.44. The largest absolute Gasteiger partial charge is 0.492 e. The SMILES string of the molecule is CCOc1ccc(Br)cc1S(=O)(=O)NNC(=O)c1ccc2c(c1)nc(C)n2CC. The Bertz CT molecular complexity index is 1170. The normalized spacial score (nSPS) is 11.6. The summed E-state index contributed by atoms with van der Waals surface area (Å²) in [5.74, 6) is 0.449. The number of aromatic nitrogens is 2. The van der Waals surface area contributed by atoms with E-state index in [1.54, 1.807) is 37.3 Å². The maximum Gasteiger partial charge on any atom is 0.266 e. The lowest BCUT2D eigenvalue weighted by Crippen LogP contribution is -2.41. The van der Waals surface area contributed by atoms with E-state index in [4.69, 9.17) is 4.74 Å². The minimum absolute atomic E-state index is 0.0817. The number of halogens is 1. The van der Waals surface area contributed by atoms with Crippen LogP contribution in [0.5, 0.6) is 5.75 Å². The lowest BCUT2D eigenvalue weighted by Gasteiger charge is -2.13. The molecule has 0 saturated carbocycles. The van der Waals surface area contributed by atoms with Crippen LogP contribution in [0.4, 0.5) is 0 Å². The average molecular weight is 481 g/mol. The van der Waals surface area contributed by atoms with E-state index in [2.05, 4.69) is 31.2 Å². The molecule has 1 amide bonds. The van der Waals surface area contributed by atoms with Gasteiger partial charge in [0.25, 0.3) is 15.9 Å². The maximum absolute atomic E-state index is 12.7. The van der Waals surface area contributed by atoms with E-state index in [9.17, 15) is 13.2 Å². The van der Waals surface area contributed by atoms with Gasteiger partial charge in [0.15, 0.2) is 0 Å². The van der Waals surface area contributed by atoms with Crippen molar-refractivity contribution in [3.8, 4) is 5.75 Å². The Kier molecular flexibility index (Phi) is 6.25. The van der Waals surface area contributed by atoms with Gasteiger partial charge in [-0.3, -0.25) is 10.2 Å². The molecule has 0 saturated heterocycles. The summed E-state index contributed by atoms with van der Waals surface area (Å²) < 4.78 is 33.3. The Morgan fingerprint density at radius 1 is 1.21 bits per heavy atom. The molecule has 29 heavy (non-hydrogen) atoms. The summed E-state index contributed by atoms with van der Waals surface area (Å²) in [5, 5.41) is 0. The molecule has 8 nitrogen and oxygen atoms in total. The first kappa shape index (κ1) is 21.3. The van der Waals surface area contributed by atoms with Crippen molar-refractivity contribution in [2.75, 3.05) is 6.61 Å². The molecule has 0 fully saturated rings. The first-order chi connectivity index (χ1) is 13.8. The van der Waals surface area contributed by atoms with Crippen molar-refractivity contribution >= 4 is 42.9 Å². The molecular weight excluding hydrogens is 460 g/mol. The number of nitrogens with one attached hydrogen (secondary N) is 2. The second kappa shape index (κ2) is 8.52. The molecule has 0 radical (unpaired) electrons. The van der Waals surface area contributed by atoms with Gasteiger partial charge >= 0.3 is 0 Å². The number of hydrogen-bond acceptors (Lipinski definition) is 5. The number of rotatable bonds is 7. The highest BCUT2D eigenvalue weighted by molar-refractivity contribution is 9.10. The van der Waals surface area contributed by atoms with Crippen molar-refractivity contribution in [1.82, 2.24) is 19.8 Å². The van der Waals surface area contributed by atoms with E-state index in [0.717, 1.165) is 17.9 Å². The maximum atomic E-state index is 12.7. The molecule has 0 aliphatic heterocycles. The smallest absolute Gasteiger partial charge is 0.266 e. The average Bonchev–Trinajstić information content (AvgIpc) is 3.01. The fraction of sp³-hybridized carbons (Fsp3) is 0.263. The zero-order valence-electron chi connectivity index (χ0n) is 16.2. The number of hydrogen-bond donors (Lipinski definition) is 2. The third-order valence-electron chi connectivity index (χ3n) is 4.31. The van der Waals surface area contributed by atoms with Crippen LogP contribution < -0.4 is 15.0 Å². The van der Waals surface area contributed by atoms with Gasteiger partial charge in [0.05, 0.1) is 17.6 Å². The van der Waals surface area contributed by atoms with Gasteiger partial charge in [-0.2, -0.15) is 0 Å². The Hall–Kier alpha value is -2.43. The second-order valence-corrected chi connectivity index (χ2v) is 8.76. The minimum atomic E-state index is -4.04. The number of ether oxygens (including phenoxy) is 1. The van der Waals surface area contributed by atoms with E-state index in [0.29, 0.717) is 22.2 Å². The molecule has 0 bridgehead atoms. The van der Waals surface area contributed by atoms with Crippen LogP contribution in [0.15, 0.2) is 45.8 Å². The Balaban J connectivity index is 1.81. The number of carbonyl (C=O) groups excluding carboxylic acids is 1. The van der Waals surface area contributed by atoms with Crippen LogP contribution in [0, 0.1) is 6.92 Å². The Morgan fingerprint density at radius 3 is 2.66 bits per heavy atom. The van der Waals surface area contributed by atoms with Gasteiger partial charge in [-0.25, -0.2) is 13.4 Å². The molecule has 154 valence electrons. The third-order valence-corrected chi connectivity index (χ3v) is 6.07. The highest BCUT2D eigenvalue weighted by atomic mass is 79.9. The molecule has 0 spiro atoms. The Labute approximate surface area is 177 Å². The van der Waals surface area contributed by atoms with Gasteiger partial charge in [0.2, 0.25) is 0 Å². The fourth-order valence-corrected chi connectivity index (χ4v) is 4.52. The lowest BCUT2D eigenvalue weighted by molar-refractivity contribution is 0.0945. The molecule has 0 aliphatic rings. The number of hydrazine groups is 1.